The maximum atomic E-state index is 13.3. The normalized spacial score (nSPS) is 12.0. The Hall–Kier alpha value is -4.47. The highest BCUT2D eigenvalue weighted by Crippen LogP contribution is 2.30. The summed E-state index contributed by atoms with van der Waals surface area (Å²) in [7, 11) is 3.79. The molecule has 0 fully saturated rings. The van der Waals surface area contributed by atoms with Crippen LogP contribution in [0.5, 0.6) is 5.75 Å². The van der Waals surface area contributed by atoms with Crippen molar-refractivity contribution in [3.8, 4) is 5.75 Å². The molecule has 202 valence electrons. The van der Waals surface area contributed by atoms with E-state index in [-0.39, 0.29) is 13.2 Å². The Labute approximate surface area is 223 Å². The lowest BCUT2D eigenvalue weighted by atomic mass is 10.1. The molecule has 0 unspecified atom stereocenters. The number of alkyl halides is 3. The van der Waals surface area contributed by atoms with Crippen molar-refractivity contribution in [1.29, 1.82) is 0 Å². The Balaban J connectivity index is 1.71. The number of benzene rings is 1. The first-order valence-electron chi connectivity index (χ1n) is 12.1. The van der Waals surface area contributed by atoms with E-state index in [9.17, 15) is 18.0 Å². The molecule has 3 heterocycles. The molecule has 0 saturated carbocycles. The number of aliphatic imine (C=N–C) groups is 1. The van der Waals surface area contributed by atoms with Gasteiger partial charge in [-0.3, -0.25) is 9.78 Å². The molecule has 4 aromatic rings. The van der Waals surface area contributed by atoms with Gasteiger partial charge < -0.3 is 14.2 Å². The minimum Gasteiger partial charge on any atom is -0.487 e. The maximum Gasteiger partial charge on any atom is 0.421 e. The van der Waals surface area contributed by atoms with Gasteiger partial charge in [-0.25, -0.2) is 9.98 Å². The molecule has 0 radical (unpaired) electrons. The number of aromatic nitrogens is 3. The minimum absolute atomic E-state index is 0.0775. The number of rotatable bonds is 7. The molecule has 0 N–H and O–H groups in total. The number of fused-ring (bicyclic) bond motifs is 1. The van der Waals surface area contributed by atoms with Gasteiger partial charge in [0.1, 0.15) is 29.3 Å². The lowest BCUT2D eigenvalue weighted by molar-refractivity contribution is -0.138. The quantitative estimate of drug-likeness (QED) is 0.231. The molecule has 0 amide bonds. The summed E-state index contributed by atoms with van der Waals surface area (Å²) in [5.74, 6) is 1.24. The smallest absolute Gasteiger partial charge is 0.421 e. The predicted octanol–water partition coefficient (Wildman–Crippen LogP) is 5.51. The summed E-state index contributed by atoms with van der Waals surface area (Å²) < 4.78 is 47.1. The second-order valence-electron chi connectivity index (χ2n) is 9.19. The molecule has 0 aliphatic heterocycles. The summed E-state index contributed by atoms with van der Waals surface area (Å²) in [6.07, 6.45) is -0.380. The first-order valence-corrected chi connectivity index (χ1v) is 12.1. The number of amidine groups is 1. The van der Waals surface area contributed by atoms with Crippen molar-refractivity contribution in [1.82, 2.24) is 19.4 Å². The Kier molecular flexibility index (Phi) is 7.85. The molecule has 0 saturated heterocycles. The van der Waals surface area contributed by atoms with Crippen LogP contribution in [-0.4, -0.2) is 39.4 Å². The molecule has 0 spiro atoms. The van der Waals surface area contributed by atoms with Crippen molar-refractivity contribution in [2.75, 3.05) is 14.1 Å². The fourth-order valence-corrected chi connectivity index (χ4v) is 4.33. The number of hydrogen-bond acceptors (Lipinski definition) is 5. The van der Waals surface area contributed by atoms with Crippen LogP contribution in [0.3, 0.4) is 0 Å². The Morgan fingerprint density at radius 1 is 1.18 bits per heavy atom. The molecule has 0 atom stereocenters. The van der Waals surface area contributed by atoms with Gasteiger partial charge in [-0.2, -0.15) is 13.2 Å². The molecule has 0 aliphatic carbocycles. The standard InChI is InChI=1S/C29H28F3N5O2/c1-6-33-27(36(4)5)21-15-19(3)35-26-20(21)9-7-11-25(26)39-17-22-18(2)12-13-34-24(22)16-37-14-8-10-23(28(37)38)29(30,31)32/h6-15H,1,16-17H2,2-5H3/b33-27-. The van der Waals surface area contributed by atoms with Crippen molar-refractivity contribution in [2.24, 2.45) is 4.99 Å². The fourth-order valence-electron chi connectivity index (χ4n) is 4.33. The van der Waals surface area contributed by atoms with Crippen molar-refractivity contribution < 1.29 is 17.9 Å². The van der Waals surface area contributed by atoms with Gasteiger partial charge >= 0.3 is 6.18 Å². The third-order valence-electron chi connectivity index (χ3n) is 6.21. The average Bonchev–Trinajstić information content (AvgIpc) is 2.87. The summed E-state index contributed by atoms with van der Waals surface area (Å²) in [6.45, 7) is 7.41. The number of hydrogen-bond donors (Lipinski definition) is 0. The molecule has 3 aromatic heterocycles. The molecule has 39 heavy (non-hydrogen) atoms. The van der Waals surface area contributed by atoms with Crippen LogP contribution in [0.2, 0.25) is 0 Å². The van der Waals surface area contributed by atoms with Crippen LogP contribution in [0.15, 0.2) is 77.4 Å². The van der Waals surface area contributed by atoms with Gasteiger partial charge in [-0.1, -0.05) is 18.7 Å². The SMILES string of the molecule is C=C/N=C(/c1cc(C)nc2c(OCc3c(C)ccnc3Cn3cccc(C(F)(F)F)c3=O)cccc12)N(C)C. The second-order valence-corrected chi connectivity index (χ2v) is 9.19. The van der Waals surface area contributed by atoms with Gasteiger partial charge in [0.15, 0.2) is 0 Å². The predicted molar refractivity (Wildman–Crippen MR) is 145 cm³/mol. The third-order valence-corrected chi connectivity index (χ3v) is 6.21. The molecule has 0 bridgehead atoms. The van der Waals surface area contributed by atoms with Gasteiger partial charge in [0.2, 0.25) is 0 Å². The average molecular weight is 536 g/mol. The Morgan fingerprint density at radius 2 is 1.95 bits per heavy atom. The van der Waals surface area contributed by atoms with Crippen LogP contribution >= 0.6 is 0 Å². The summed E-state index contributed by atoms with van der Waals surface area (Å²) in [5, 5.41) is 0.839. The Bertz CT molecular complexity index is 1620. The van der Waals surface area contributed by atoms with E-state index in [1.54, 1.807) is 18.3 Å². The van der Waals surface area contributed by atoms with Crippen LogP contribution in [0.1, 0.15) is 33.6 Å². The van der Waals surface area contributed by atoms with Gasteiger partial charge in [0, 0.05) is 54.9 Å². The number of pyridine rings is 3. The summed E-state index contributed by atoms with van der Waals surface area (Å²) in [5.41, 5.74) is 1.88. The molecule has 7 nitrogen and oxygen atoms in total. The van der Waals surface area contributed by atoms with E-state index < -0.39 is 17.3 Å². The van der Waals surface area contributed by atoms with E-state index >= 15 is 0 Å². The van der Waals surface area contributed by atoms with Gasteiger partial charge in [0.25, 0.3) is 5.56 Å². The number of nitrogens with zero attached hydrogens (tertiary/aromatic N) is 5. The minimum atomic E-state index is -4.74. The zero-order chi connectivity index (χ0) is 28.3. The van der Waals surface area contributed by atoms with E-state index in [0.717, 1.165) is 38.7 Å². The zero-order valence-corrected chi connectivity index (χ0v) is 22.1. The third kappa shape index (κ3) is 5.84. The van der Waals surface area contributed by atoms with Crippen LogP contribution in [0.25, 0.3) is 10.9 Å². The van der Waals surface area contributed by atoms with E-state index in [4.69, 9.17) is 9.72 Å². The van der Waals surface area contributed by atoms with Crippen LogP contribution in [0.4, 0.5) is 13.2 Å². The lowest BCUT2D eigenvalue weighted by Crippen LogP contribution is -2.29. The number of aryl methyl sites for hydroxylation is 2. The molecule has 10 heteroatoms. The lowest BCUT2D eigenvalue weighted by Gasteiger charge is -2.19. The van der Waals surface area contributed by atoms with Crippen molar-refractivity contribution in [3.63, 3.8) is 0 Å². The van der Waals surface area contributed by atoms with Crippen LogP contribution in [-0.2, 0) is 19.3 Å². The zero-order valence-electron chi connectivity index (χ0n) is 22.1. The van der Waals surface area contributed by atoms with E-state index in [2.05, 4.69) is 16.6 Å². The van der Waals surface area contributed by atoms with Crippen molar-refractivity contribution in [2.45, 2.75) is 33.2 Å². The monoisotopic (exact) mass is 535 g/mol. The number of para-hydroxylation sites is 1. The first-order chi connectivity index (χ1) is 18.5. The van der Waals surface area contributed by atoms with Crippen molar-refractivity contribution in [3.05, 3.63) is 112 Å². The van der Waals surface area contributed by atoms with Gasteiger partial charge in [0.05, 0.1) is 12.2 Å². The van der Waals surface area contributed by atoms with Gasteiger partial charge in [-0.05, 0) is 49.7 Å². The van der Waals surface area contributed by atoms with E-state index in [1.165, 1.54) is 18.5 Å². The second kappa shape index (κ2) is 11.1. The summed E-state index contributed by atoms with van der Waals surface area (Å²) in [4.78, 5) is 27.9. The highest BCUT2D eigenvalue weighted by atomic mass is 19.4. The molecule has 1 aromatic carbocycles. The number of ether oxygens (including phenoxy) is 1. The highest BCUT2D eigenvalue weighted by molar-refractivity contribution is 6.10. The van der Waals surface area contributed by atoms with Crippen LogP contribution in [0, 0.1) is 13.8 Å². The largest absolute Gasteiger partial charge is 0.487 e. The highest BCUT2D eigenvalue weighted by Gasteiger charge is 2.34. The molecular formula is C29H28F3N5O2. The summed E-state index contributed by atoms with van der Waals surface area (Å²) in [6, 6.07) is 11.3. The van der Waals surface area contributed by atoms with E-state index in [0.29, 0.717) is 22.5 Å². The number of halogens is 3. The molecular weight excluding hydrogens is 507 g/mol. The molecule has 0 aliphatic rings. The maximum absolute atomic E-state index is 13.3. The molecule has 4 rings (SSSR count). The fraction of sp³-hybridized carbons (Fsp3) is 0.241. The van der Waals surface area contributed by atoms with E-state index in [1.807, 2.05) is 51.0 Å². The summed E-state index contributed by atoms with van der Waals surface area (Å²) >= 11 is 0. The first kappa shape index (κ1) is 27.6. The van der Waals surface area contributed by atoms with Crippen molar-refractivity contribution >= 4 is 16.7 Å². The van der Waals surface area contributed by atoms with Crippen LogP contribution < -0.4 is 10.3 Å². The Morgan fingerprint density at radius 3 is 2.64 bits per heavy atom. The van der Waals surface area contributed by atoms with Gasteiger partial charge in [-0.15, -0.1) is 0 Å². The topological polar surface area (TPSA) is 72.6 Å².